The Balaban J connectivity index is 3.01. The minimum atomic E-state index is -2.86. The zero-order chi connectivity index (χ0) is 10.0. The van der Waals surface area contributed by atoms with Crippen molar-refractivity contribution < 1.29 is 23.4 Å². The van der Waals surface area contributed by atoms with Crippen LogP contribution in [0.3, 0.4) is 0 Å². The van der Waals surface area contributed by atoms with Gasteiger partial charge in [-0.25, -0.2) is 13.6 Å². The molecule has 0 aliphatic carbocycles. The van der Waals surface area contributed by atoms with Crippen LogP contribution in [-0.4, -0.2) is 21.5 Å². The van der Waals surface area contributed by atoms with E-state index in [1.54, 1.807) is 0 Å². The van der Waals surface area contributed by atoms with Gasteiger partial charge in [0.25, 0.3) is 6.43 Å². The van der Waals surface area contributed by atoms with Gasteiger partial charge in [-0.3, -0.25) is 5.10 Å². The maximum atomic E-state index is 12.1. The molecule has 0 unspecified atom stereocenters. The van der Waals surface area contributed by atoms with Crippen molar-refractivity contribution in [3.05, 3.63) is 11.4 Å². The van der Waals surface area contributed by atoms with Crippen molar-refractivity contribution in [2.45, 2.75) is 13.3 Å². The number of alkyl halides is 2. The molecular formula is C6H6F2N2O3. The summed E-state index contributed by atoms with van der Waals surface area (Å²) in [6.07, 6.45) is -4.51. The van der Waals surface area contributed by atoms with Gasteiger partial charge in [-0.05, 0) is 6.92 Å². The zero-order valence-corrected chi connectivity index (χ0v) is 6.54. The molecule has 0 saturated heterocycles. The van der Waals surface area contributed by atoms with Crippen LogP contribution >= 0.6 is 0 Å². The molecule has 0 saturated carbocycles. The van der Waals surface area contributed by atoms with Crippen LogP contribution in [0.2, 0.25) is 0 Å². The summed E-state index contributed by atoms with van der Waals surface area (Å²) in [6, 6.07) is 0. The molecule has 5 nitrogen and oxygen atoms in total. The first-order chi connectivity index (χ1) is 6.02. The SMILES string of the molecule is Cc1[nH]nc(C(F)F)c1OC(=O)O. The highest BCUT2D eigenvalue weighted by Gasteiger charge is 2.22. The fourth-order valence-electron chi connectivity index (χ4n) is 0.802. The Kier molecular flexibility index (Phi) is 2.45. The topological polar surface area (TPSA) is 75.2 Å². The minimum absolute atomic E-state index is 0.151. The smallest absolute Gasteiger partial charge is 0.449 e. The van der Waals surface area contributed by atoms with Gasteiger partial charge in [0.05, 0.1) is 5.69 Å². The first-order valence-corrected chi connectivity index (χ1v) is 3.26. The monoisotopic (exact) mass is 192 g/mol. The van der Waals surface area contributed by atoms with Gasteiger partial charge in [-0.15, -0.1) is 0 Å². The second-order valence-corrected chi connectivity index (χ2v) is 2.23. The summed E-state index contributed by atoms with van der Waals surface area (Å²) >= 11 is 0. The number of aryl methyl sites for hydroxylation is 1. The Morgan fingerprint density at radius 3 is 2.77 bits per heavy atom. The summed E-state index contributed by atoms with van der Waals surface area (Å²) in [5, 5.41) is 13.6. The second-order valence-electron chi connectivity index (χ2n) is 2.23. The lowest BCUT2D eigenvalue weighted by Gasteiger charge is -1.99. The van der Waals surface area contributed by atoms with E-state index in [2.05, 4.69) is 14.9 Å². The highest BCUT2D eigenvalue weighted by molar-refractivity contribution is 5.62. The van der Waals surface area contributed by atoms with Crippen molar-refractivity contribution in [1.82, 2.24) is 10.2 Å². The number of nitrogens with one attached hydrogen (secondary N) is 1. The van der Waals surface area contributed by atoms with E-state index in [0.29, 0.717) is 0 Å². The number of ether oxygens (including phenoxy) is 1. The molecule has 2 N–H and O–H groups in total. The molecule has 72 valence electrons. The van der Waals surface area contributed by atoms with Crippen LogP contribution in [0.15, 0.2) is 0 Å². The predicted molar refractivity (Wildman–Crippen MR) is 36.9 cm³/mol. The van der Waals surface area contributed by atoms with Crippen molar-refractivity contribution in [3.8, 4) is 5.75 Å². The van der Waals surface area contributed by atoms with Crippen molar-refractivity contribution in [2.75, 3.05) is 0 Å². The van der Waals surface area contributed by atoms with Crippen molar-refractivity contribution in [3.63, 3.8) is 0 Å². The quantitative estimate of drug-likeness (QED) is 0.699. The third-order valence-corrected chi connectivity index (χ3v) is 1.31. The zero-order valence-electron chi connectivity index (χ0n) is 6.54. The highest BCUT2D eigenvalue weighted by Crippen LogP contribution is 2.29. The molecule has 0 atom stereocenters. The van der Waals surface area contributed by atoms with Gasteiger partial charge >= 0.3 is 6.16 Å². The van der Waals surface area contributed by atoms with Crippen LogP contribution in [-0.2, 0) is 0 Å². The number of rotatable bonds is 2. The highest BCUT2D eigenvalue weighted by atomic mass is 19.3. The van der Waals surface area contributed by atoms with Crippen LogP contribution in [0.5, 0.6) is 5.75 Å². The average molecular weight is 192 g/mol. The van der Waals surface area contributed by atoms with Crippen molar-refractivity contribution >= 4 is 6.16 Å². The van der Waals surface area contributed by atoms with E-state index in [1.807, 2.05) is 0 Å². The summed E-state index contributed by atoms with van der Waals surface area (Å²) in [5.41, 5.74) is -0.544. The van der Waals surface area contributed by atoms with E-state index in [1.165, 1.54) is 6.92 Å². The molecule has 0 fully saturated rings. The maximum Gasteiger partial charge on any atom is 0.511 e. The van der Waals surface area contributed by atoms with E-state index in [0.717, 1.165) is 0 Å². The molecule has 1 aromatic heterocycles. The largest absolute Gasteiger partial charge is 0.511 e. The third-order valence-electron chi connectivity index (χ3n) is 1.31. The maximum absolute atomic E-state index is 12.1. The number of hydrogen-bond acceptors (Lipinski definition) is 3. The third kappa shape index (κ3) is 1.92. The summed E-state index contributed by atoms with van der Waals surface area (Å²) in [6.45, 7) is 1.39. The van der Waals surface area contributed by atoms with Gasteiger partial charge in [0.2, 0.25) is 0 Å². The number of nitrogens with zero attached hydrogens (tertiary/aromatic N) is 1. The molecule has 7 heteroatoms. The summed E-state index contributed by atoms with van der Waals surface area (Å²) < 4.78 is 28.4. The lowest BCUT2D eigenvalue weighted by Crippen LogP contribution is -2.05. The molecule has 0 spiro atoms. The Morgan fingerprint density at radius 2 is 2.31 bits per heavy atom. The molecule has 0 radical (unpaired) electrons. The molecule has 13 heavy (non-hydrogen) atoms. The molecule has 0 aliphatic rings. The normalized spacial score (nSPS) is 10.5. The number of H-pyrrole nitrogens is 1. The van der Waals surface area contributed by atoms with Gasteiger partial charge in [0, 0.05) is 0 Å². The minimum Gasteiger partial charge on any atom is -0.449 e. The molecule has 0 amide bonds. The van der Waals surface area contributed by atoms with Crippen LogP contribution in [0.25, 0.3) is 0 Å². The second kappa shape index (κ2) is 3.38. The van der Waals surface area contributed by atoms with Gasteiger partial charge < -0.3 is 9.84 Å². The predicted octanol–water partition coefficient (Wildman–Crippen LogP) is 1.71. The Morgan fingerprint density at radius 1 is 1.69 bits per heavy atom. The van der Waals surface area contributed by atoms with Crippen LogP contribution in [0.1, 0.15) is 17.8 Å². The summed E-state index contributed by atoms with van der Waals surface area (Å²) in [7, 11) is 0. The van der Waals surface area contributed by atoms with E-state index in [-0.39, 0.29) is 5.69 Å². The number of aromatic nitrogens is 2. The molecule has 1 rings (SSSR count). The summed E-state index contributed by atoms with van der Waals surface area (Å²) in [5.74, 6) is -0.428. The standard InChI is InChI=1S/C6H6F2N2O3/c1-2-4(13-6(11)12)3(5(7)8)10-9-2/h5H,1H3,(H,9,10)(H,11,12). The number of carboxylic acid groups (broad SMARTS) is 1. The molecule has 1 aromatic rings. The van der Waals surface area contributed by atoms with Crippen LogP contribution in [0, 0.1) is 6.92 Å². The summed E-state index contributed by atoms with van der Waals surface area (Å²) in [4.78, 5) is 10.1. The van der Waals surface area contributed by atoms with Crippen molar-refractivity contribution in [2.24, 2.45) is 0 Å². The Labute approximate surface area is 71.3 Å². The van der Waals surface area contributed by atoms with Gasteiger partial charge in [0.1, 0.15) is 0 Å². The van der Waals surface area contributed by atoms with E-state index < -0.39 is 24.0 Å². The molecule has 0 bridgehead atoms. The molecule has 0 aromatic carbocycles. The van der Waals surface area contributed by atoms with E-state index in [4.69, 9.17) is 5.11 Å². The van der Waals surface area contributed by atoms with Crippen LogP contribution in [0.4, 0.5) is 13.6 Å². The lowest BCUT2D eigenvalue weighted by atomic mass is 10.3. The number of carbonyl (C=O) groups is 1. The van der Waals surface area contributed by atoms with Gasteiger partial charge in [-0.2, -0.15) is 5.10 Å². The van der Waals surface area contributed by atoms with Crippen LogP contribution < -0.4 is 4.74 Å². The molecule has 0 aliphatic heterocycles. The average Bonchev–Trinajstić information content (AvgIpc) is 2.32. The lowest BCUT2D eigenvalue weighted by molar-refractivity contribution is 0.129. The fourth-order valence-corrected chi connectivity index (χ4v) is 0.802. The Hall–Kier alpha value is -1.66. The fraction of sp³-hybridized carbons (Fsp3) is 0.333. The van der Waals surface area contributed by atoms with E-state index in [9.17, 15) is 13.6 Å². The van der Waals surface area contributed by atoms with Gasteiger partial charge in [-0.1, -0.05) is 0 Å². The first kappa shape index (κ1) is 9.43. The number of halogens is 2. The van der Waals surface area contributed by atoms with Crippen molar-refractivity contribution in [1.29, 1.82) is 0 Å². The Bertz CT molecular complexity index is 324. The van der Waals surface area contributed by atoms with Gasteiger partial charge in [0.15, 0.2) is 11.4 Å². The molecular weight excluding hydrogens is 186 g/mol. The van der Waals surface area contributed by atoms with E-state index >= 15 is 0 Å². The number of aromatic amines is 1. The first-order valence-electron chi connectivity index (χ1n) is 3.26. The molecule has 1 heterocycles. The number of hydrogen-bond donors (Lipinski definition) is 2.